The van der Waals surface area contributed by atoms with Gasteiger partial charge in [0.05, 0.1) is 6.61 Å². The van der Waals surface area contributed by atoms with Crippen LogP contribution in [0.15, 0.2) is 28.7 Å². The lowest BCUT2D eigenvalue weighted by atomic mass is 9.85. The van der Waals surface area contributed by atoms with Crippen molar-refractivity contribution >= 4 is 21.9 Å². The fourth-order valence-electron chi connectivity index (χ4n) is 2.80. The number of carbonyl (C=O) groups excluding carboxylic acids is 1. The van der Waals surface area contributed by atoms with Crippen LogP contribution in [0.25, 0.3) is 0 Å². The fourth-order valence-corrected chi connectivity index (χ4v) is 3.07. The summed E-state index contributed by atoms with van der Waals surface area (Å²) >= 11 is 3.43. The molecule has 0 bridgehead atoms. The molecule has 0 saturated carbocycles. The Morgan fingerprint density at radius 1 is 1.30 bits per heavy atom. The molecule has 0 aliphatic carbocycles. The molecule has 4 heteroatoms. The maximum Gasteiger partial charge on any atom is 0.341 e. The molecule has 1 saturated heterocycles. The van der Waals surface area contributed by atoms with Crippen molar-refractivity contribution < 1.29 is 14.3 Å². The van der Waals surface area contributed by atoms with Crippen molar-refractivity contribution in [2.75, 3.05) is 6.61 Å². The summed E-state index contributed by atoms with van der Waals surface area (Å²) in [6.07, 6.45) is 2.33. The Labute approximate surface area is 128 Å². The van der Waals surface area contributed by atoms with Crippen LogP contribution in [-0.2, 0) is 20.7 Å². The van der Waals surface area contributed by atoms with E-state index in [2.05, 4.69) is 35.0 Å². The van der Waals surface area contributed by atoms with Gasteiger partial charge in [-0.3, -0.25) is 0 Å². The van der Waals surface area contributed by atoms with Crippen LogP contribution in [0.1, 0.15) is 39.2 Å². The summed E-state index contributed by atoms with van der Waals surface area (Å²) in [6.45, 7) is 6.28. The van der Waals surface area contributed by atoms with Crippen molar-refractivity contribution in [1.29, 1.82) is 0 Å². The number of carbonyl (C=O) groups is 1. The Hall–Kier alpha value is -0.870. The van der Waals surface area contributed by atoms with E-state index in [0.29, 0.717) is 13.0 Å². The molecular formula is C16H21BrO3. The summed E-state index contributed by atoms with van der Waals surface area (Å²) < 4.78 is 12.1. The summed E-state index contributed by atoms with van der Waals surface area (Å²) in [5.74, 6) is -0.221. The molecule has 110 valence electrons. The topological polar surface area (TPSA) is 38.8 Å². The number of ether oxygens (including phenoxy) is 2. The van der Waals surface area contributed by atoms with E-state index in [0.717, 1.165) is 22.9 Å². The molecule has 2 atom stereocenters. The minimum atomic E-state index is -0.759. The lowest BCUT2D eigenvalue weighted by Crippen LogP contribution is -2.35. The normalized spacial score (nSPS) is 28.2. The van der Waals surface area contributed by atoms with E-state index in [1.54, 1.807) is 0 Å². The third kappa shape index (κ3) is 2.77. The van der Waals surface area contributed by atoms with Crippen molar-refractivity contribution in [3.63, 3.8) is 0 Å². The average Bonchev–Trinajstić information content (AvgIpc) is 2.99. The van der Waals surface area contributed by atoms with E-state index >= 15 is 0 Å². The first-order chi connectivity index (χ1) is 9.47. The van der Waals surface area contributed by atoms with E-state index in [1.165, 1.54) is 0 Å². The highest BCUT2D eigenvalue weighted by Gasteiger charge is 2.71. The highest BCUT2D eigenvalue weighted by molar-refractivity contribution is 9.10. The van der Waals surface area contributed by atoms with Gasteiger partial charge < -0.3 is 9.47 Å². The Morgan fingerprint density at radius 2 is 1.95 bits per heavy atom. The van der Waals surface area contributed by atoms with Gasteiger partial charge in [-0.25, -0.2) is 4.79 Å². The quantitative estimate of drug-likeness (QED) is 0.582. The van der Waals surface area contributed by atoms with Gasteiger partial charge in [0.2, 0.25) is 0 Å². The van der Waals surface area contributed by atoms with Gasteiger partial charge in [0.1, 0.15) is 5.60 Å². The van der Waals surface area contributed by atoms with Gasteiger partial charge in [-0.1, -0.05) is 41.4 Å². The smallest absolute Gasteiger partial charge is 0.341 e. The first kappa shape index (κ1) is 15.5. The van der Waals surface area contributed by atoms with Crippen molar-refractivity contribution in [3.05, 3.63) is 34.3 Å². The van der Waals surface area contributed by atoms with Crippen LogP contribution in [0.4, 0.5) is 0 Å². The number of esters is 1. The highest BCUT2D eigenvalue weighted by Crippen LogP contribution is 2.53. The van der Waals surface area contributed by atoms with Gasteiger partial charge in [-0.05, 0) is 38.0 Å². The first-order valence-corrected chi connectivity index (χ1v) is 7.88. The molecule has 1 aromatic rings. The van der Waals surface area contributed by atoms with Gasteiger partial charge in [-0.15, -0.1) is 0 Å². The van der Waals surface area contributed by atoms with Crippen LogP contribution >= 0.6 is 15.9 Å². The predicted molar refractivity (Wildman–Crippen MR) is 81.6 cm³/mol. The number of benzene rings is 1. The van der Waals surface area contributed by atoms with Gasteiger partial charge in [0, 0.05) is 10.9 Å². The maximum atomic E-state index is 12.2. The molecule has 20 heavy (non-hydrogen) atoms. The second kappa shape index (κ2) is 5.86. The van der Waals surface area contributed by atoms with Crippen molar-refractivity contribution in [2.24, 2.45) is 0 Å². The SMILES string of the molecule is CCCC1(C(=O)OCC)OC1(C)Cc1ccc(Br)cc1. The van der Waals surface area contributed by atoms with Gasteiger partial charge in [0.15, 0.2) is 5.60 Å². The van der Waals surface area contributed by atoms with Gasteiger partial charge in [0.25, 0.3) is 0 Å². The van der Waals surface area contributed by atoms with Crippen LogP contribution in [-0.4, -0.2) is 23.8 Å². The minimum absolute atomic E-state index is 0.221. The van der Waals surface area contributed by atoms with E-state index in [1.807, 2.05) is 26.0 Å². The van der Waals surface area contributed by atoms with Crippen LogP contribution in [0.2, 0.25) is 0 Å². The summed E-state index contributed by atoms with van der Waals surface area (Å²) in [5.41, 5.74) is -0.0496. The second-order valence-electron chi connectivity index (χ2n) is 5.43. The molecule has 1 fully saturated rings. The molecule has 2 rings (SSSR count). The summed E-state index contributed by atoms with van der Waals surface area (Å²) in [6, 6.07) is 8.12. The molecule has 1 aliphatic rings. The van der Waals surface area contributed by atoms with Crippen LogP contribution in [0.5, 0.6) is 0 Å². The van der Waals surface area contributed by atoms with Crippen molar-refractivity contribution in [2.45, 2.75) is 51.2 Å². The molecule has 2 unspecified atom stereocenters. The van der Waals surface area contributed by atoms with Crippen molar-refractivity contribution in [1.82, 2.24) is 0 Å². The first-order valence-electron chi connectivity index (χ1n) is 7.09. The Bertz CT molecular complexity index is 485. The van der Waals surface area contributed by atoms with E-state index < -0.39 is 11.2 Å². The van der Waals surface area contributed by atoms with Crippen LogP contribution in [0.3, 0.4) is 0 Å². The van der Waals surface area contributed by atoms with E-state index in [-0.39, 0.29) is 5.97 Å². The van der Waals surface area contributed by atoms with Gasteiger partial charge >= 0.3 is 5.97 Å². The second-order valence-corrected chi connectivity index (χ2v) is 6.35. The molecule has 0 radical (unpaired) electrons. The molecule has 0 N–H and O–H groups in total. The molecule has 1 heterocycles. The van der Waals surface area contributed by atoms with E-state index in [4.69, 9.17) is 9.47 Å². The lowest BCUT2D eigenvalue weighted by molar-refractivity contribution is -0.149. The zero-order chi connectivity index (χ0) is 14.8. The zero-order valence-corrected chi connectivity index (χ0v) is 13.8. The summed E-state index contributed by atoms with van der Waals surface area (Å²) in [7, 11) is 0. The number of epoxide rings is 1. The monoisotopic (exact) mass is 340 g/mol. The van der Waals surface area contributed by atoms with Crippen LogP contribution < -0.4 is 0 Å². The number of halogens is 1. The number of hydrogen-bond acceptors (Lipinski definition) is 3. The summed E-state index contributed by atoms with van der Waals surface area (Å²) in [5, 5.41) is 0. The maximum absolute atomic E-state index is 12.2. The third-order valence-electron chi connectivity index (χ3n) is 3.87. The molecule has 0 spiro atoms. The van der Waals surface area contributed by atoms with Crippen molar-refractivity contribution in [3.8, 4) is 0 Å². The summed E-state index contributed by atoms with van der Waals surface area (Å²) in [4.78, 5) is 12.2. The third-order valence-corrected chi connectivity index (χ3v) is 4.40. The number of rotatable bonds is 6. The largest absolute Gasteiger partial charge is 0.464 e. The minimum Gasteiger partial charge on any atom is -0.464 e. The lowest BCUT2D eigenvalue weighted by Gasteiger charge is -2.15. The molecule has 1 aliphatic heterocycles. The van der Waals surface area contributed by atoms with Crippen LogP contribution in [0, 0.1) is 0 Å². The predicted octanol–water partition coefficient (Wildman–Crippen LogP) is 3.88. The van der Waals surface area contributed by atoms with E-state index in [9.17, 15) is 4.79 Å². The highest BCUT2D eigenvalue weighted by atomic mass is 79.9. The zero-order valence-electron chi connectivity index (χ0n) is 12.2. The Balaban J connectivity index is 2.14. The molecular weight excluding hydrogens is 320 g/mol. The average molecular weight is 341 g/mol. The molecule has 0 aromatic heterocycles. The number of hydrogen-bond donors (Lipinski definition) is 0. The Morgan fingerprint density at radius 3 is 2.50 bits per heavy atom. The molecule has 1 aromatic carbocycles. The molecule has 3 nitrogen and oxygen atoms in total. The van der Waals surface area contributed by atoms with Gasteiger partial charge in [-0.2, -0.15) is 0 Å². The molecule has 0 amide bonds. The standard InChI is InChI=1S/C16H21BrO3/c1-4-10-16(14(18)19-5-2)15(3,20-16)11-12-6-8-13(17)9-7-12/h6-9H,4-5,10-11H2,1-3H3. The fraction of sp³-hybridized carbons (Fsp3) is 0.562. The Kier molecular flexibility index (Phi) is 4.55.